The van der Waals surface area contributed by atoms with Crippen molar-refractivity contribution in [1.29, 1.82) is 0 Å². The zero-order valence-electron chi connectivity index (χ0n) is 18.8. The van der Waals surface area contributed by atoms with Crippen molar-refractivity contribution < 1.29 is 9.53 Å². The Morgan fingerprint density at radius 1 is 1.09 bits per heavy atom. The molecular formula is C25H28N4O2S. The van der Waals surface area contributed by atoms with Crippen molar-refractivity contribution in [2.75, 3.05) is 11.3 Å². The summed E-state index contributed by atoms with van der Waals surface area (Å²) in [7, 11) is 0. The summed E-state index contributed by atoms with van der Waals surface area (Å²) in [6.07, 6.45) is 0.806. The van der Waals surface area contributed by atoms with Gasteiger partial charge in [-0.15, -0.1) is 0 Å². The van der Waals surface area contributed by atoms with E-state index in [0.29, 0.717) is 29.9 Å². The number of benzene rings is 2. The smallest absolute Gasteiger partial charge is 0.251 e. The minimum atomic E-state index is -0.130. The van der Waals surface area contributed by atoms with E-state index in [-0.39, 0.29) is 11.9 Å². The topological polar surface area (TPSA) is 76.1 Å². The normalized spacial score (nSPS) is 16.2. The van der Waals surface area contributed by atoms with Crippen molar-refractivity contribution in [1.82, 2.24) is 15.3 Å². The largest absolute Gasteiger partial charge is 0.475 e. The highest BCUT2D eigenvalue weighted by molar-refractivity contribution is 8.00. The Morgan fingerprint density at radius 3 is 2.59 bits per heavy atom. The Hall–Kier alpha value is -3.06. The quantitative estimate of drug-likeness (QED) is 0.521. The first-order valence-corrected chi connectivity index (χ1v) is 11.6. The fraction of sp³-hybridized carbons (Fsp3) is 0.320. The third-order valence-corrected chi connectivity index (χ3v) is 6.09. The van der Waals surface area contributed by atoms with Crippen LogP contribution in [0.2, 0.25) is 0 Å². The molecule has 0 saturated carbocycles. The summed E-state index contributed by atoms with van der Waals surface area (Å²) in [6.45, 7) is 8.76. The molecule has 2 N–H and O–H groups in total. The first kappa shape index (κ1) is 22.1. The maximum absolute atomic E-state index is 12.8. The molecule has 2 aromatic carbocycles. The Morgan fingerprint density at radius 2 is 1.84 bits per heavy atom. The van der Waals surface area contributed by atoms with Gasteiger partial charge in [-0.2, -0.15) is 4.98 Å². The SMILES string of the molecule is Cc1cccc(C)c1-c1cc2nc(n1)NSc1cccc(c1)C(=O)NC(CC(C)C)CO2. The first-order chi connectivity index (χ1) is 15.4. The van der Waals surface area contributed by atoms with E-state index in [1.165, 1.54) is 11.9 Å². The molecule has 0 radical (unpaired) electrons. The summed E-state index contributed by atoms with van der Waals surface area (Å²) in [5.74, 6) is 1.26. The summed E-state index contributed by atoms with van der Waals surface area (Å²) in [4.78, 5) is 23.1. The second-order valence-corrected chi connectivity index (χ2v) is 9.40. The lowest BCUT2D eigenvalue weighted by atomic mass is 10.00. The average Bonchev–Trinajstić information content (AvgIpc) is 2.75. The Kier molecular flexibility index (Phi) is 6.65. The summed E-state index contributed by atoms with van der Waals surface area (Å²) >= 11 is 1.37. The van der Waals surface area contributed by atoms with Gasteiger partial charge >= 0.3 is 0 Å². The molecule has 0 spiro atoms. The third-order valence-electron chi connectivity index (χ3n) is 5.32. The number of fused-ring (bicyclic) bond motifs is 4. The number of aromatic nitrogens is 2. The highest BCUT2D eigenvalue weighted by Crippen LogP contribution is 2.30. The fourth-order valence-corrected chi connectivity index (χ4v) is 4.52. The van der Waals surface area contributed by atoms with Crippen LogP contribution in [0.15, 0.2) is 53.4 Å². The van der Waals surface area contributed by atoms with Gasteiger partial charge in [-0.1, -0.05) is 38.1 Å². The average molecular weight is 449 g/mol. The van der Waals surface area contributed by atoms with Gasteiger partial charge in [0.1, 0.15) is 6.61 Å². The van der Waals surface area contributed by atoms with Crippen LogP contribution in [0.1, 0.15) is 41.8 Å². The van der Waals surface area contributed by atoms with Crippen LogP contribution in [0.5, 0.6) is 5.88 Å². The van der Waals surface area contributed by atoms with Gasteiger partial charge in [0.2, 0.25) is 11.8 Å². The number of carbonyl (C=O) groups is 1. The van der Waals surface area contributed by atoms with Crippen molar-refractivity contribution in [3.05, 3.63) is 65.2 Å². The summed E-state index contributed by atoms with van der Waals surface area (Å²) in [5, 5.41) is 3.13. The van der Waals surface area contributed by atoms with Crippen molar-refractivity contribution in [3.8, 4) is 17.1 Å². The maximum atomic E-state index is 12.8. The van der Waals surface area contributed by atoms with Crippen LogP contribution in [0.3, 0.4) is 0 Å². The molecule has 4 bridgehead atoms. The van der Waals surface area contributed by atoms with Crippen LogP contribution in [-0.4, -0.2) is 28.5 Å². The van der Waals surface area contributed by atoms with Gasteiger partial charge in [-0.05, 0) is 67.5 Å². The predicted molar refractivity (Wildman–Crippen MR) is 129 cm³/mol. The Labute approximate surface area is 193 Å². The zero-order valence-corrected chi connectivity index (χ0v) is 19.6. The minimum absolute atomic E-state index is 0.102. The summed E-state index contributed by atoms with van der Waals surface area (Å²) < 4.78 is 9.33. The van der Waals surface area contributed by atoms with Crippen LogP contribution in [0, 0.1) is 19.8 Å². The van der Waals surface area contributed by atoms with Crippen LogP contribution >= 0.6 is 11.9 Å². The number of amides is 1. The number of hydrogen-bond donors (Lipinski definition) is 2. The minimum Gasteiger partial charge on any atom is -0.475 e. The lowest BCUT2D eigenvalue weighted by molar-refractivity contribution is 0.0913. The number of carbonyl (C=O) groups excluding carboxylic acids is 1. The molecule has 32 heavy (non-hydrogen) atoms. The van der Waals surface area contributed by atoms with E-state index in [1.54, 1.807) is 0 Å². The lowest BCUT2D eigenvalue weighted by Gasteiger charge is -2.21. The highest BCUT2D eigenvalue weighted by atomic mass is 32.2. The molecule has 1 aliphatic heterocycles. The third kappa shape index (κ3) is 5.22. The second-order valence-electron chi connectivity index (χ2n) is 8.52. The molecule has 166 valence electrons. The number of aryl methyl sites for hydroxylation is 2. The molecule has 0 fully saturated rings. The zero-order chi connectivity index (χ0) is 22.7. The molecule has 1 aromatic heterocycles. The number of nitrogens with one attached hydrogen (secondary N) is 2. The van der Waals surface area contributed by atoms with Crippen molar-refractivity contribution in [2.45, 2.75) is 45.1 Å². The number of anilines is 1. The number of nitrogens with zero attached hydrogens (tertiary/aromatic N) is 2. The van der Waals surface area contributed by atoms with Gasteiger partial charge in [0.15, 0.2) is 0 Å². The van der Waals surface area contributed by atoms with Crippen molar-refractivity contribution >= 4 is 23.8 Å². The van der Waals surface area contributed by atoms with E-state index in [2.05, 4.69) is 54.9 Å². The lowest BCUT2D eigenvalue weighted by Crippen LogP contribution is -2.40. The van der Waals surface area contributed by atoms with E-state index in [0.717, 1.165) is 33.7 Å². The molecule has 1 unspecified atom stereocenters. The molecule has 1 atom stereocenters. The molecule has 6 nitrogen and oxygen atoms in total. The molecule has 7 heteroatoms. The van der Waals surface area contributed by atoms with Crippen molar-refractivity contribution in [3.63, 3.8) is 0 Å². The number of rotatable bonds is 3. The van der Waals surface area contributed by atoms with Crippen LogP contribution < -0.4 is 14.8 Å². The monoisotopic (exact) mass is 448 g/mol. The van der Waals surface area contributed by atoms with Gasteiger partial charge in [-0.25, -0.2) is 4.98 Å². The maximum Gasteiger partial charge on any atom is 0.251 e. The highest BCUT2D eigenvalue weighted by Gasteiger charge is 2.19. The predicted octanol–water partition coefficient (Wildman–Crippen LogP) is 5.42. The summed E-state index contributed by atoms with van der Waals surface area (Å²) in [5.41, 5.74) is 4.79. The number of hydrogen-bond acceptors (Lipinski definition) is 6. The molecule has 0 saturated heterocycles. The van der Waals surface area contributed by atoms with Crippen LogP contribution in [0.4, 0.5) is 5.95 Å². The summed E-state index contributed by atoms with van der Waals surface area (Å²) in [6, 6.07) is 15.5. The second kappa shape index (κ2) is 9.61. The molecule has 1 amide bonds. The van der Waals surface area contributed by atoms with Crippen molar-refractivity contribution in [2.24, 2.45) is 5.92 Å². The molecule has 0 aliphatic carbocycles. The Balaban J connectivity index is 1.75. The van der Waals surface area contributed by atoms with Gasteiger partial charge in [-0.3, -0.25) is 9.52 Å². The molecule has 3 aromatic rings. The van der Waals surface area contributed by atoms with Gasteiger partial charge in [0, 0.05) is 22.1 Å². The van der Waals surface area contributed by atoms with E-state index >= 15 is 0 Å². The van der Waals surface area contributed by atoms with E-state index in [9.17, 15) is 4.79 Å². The first-order valence-electron chi connectivity index (χ1n) is 10.8. The van der Waals surface area contributed by atoms with E-state index in [1.807, 2.05) is 36.4 Å². The van der Waals surface area contributed by atoms with Crippen LogP contribution in [0.25, 0.3) is 11.3 Å². The van der Waals surface area contributed by atoms with Gasteiger partial charge < -0.3 is 10.1 Å². The molecular weight excluding hydrogens is 420 g/mol. The Bertz CT molecular complexity index is 1110. The molecule has 1 aliphatic rings. The van der Waals surface area contributed by atoms with Crippen LogP contribution in [-0.2, 0) is 0 Å². The van der Waals surface area contributed by atoms with E-state index < -0.39 is 0 Å². The number of ether oxygens (including phenoxy) is 1. The van der Waals surface area contributed by atoms with Gasteiger partial charge in [0.25, 0.3) is 5.91 Å². The van der Waals surface area contributed by atoms with E-state index in [4.69, 9.17) is 9.72 Å². The molecule has 4 rings (SSSR count). The van der Waals surface area contributed by atoms with Gasteiger partial charge in [0.05, 0.1) is 11.7 Å². The fourth-order valence-electron chi connectivity index (χ4n) is 3.89. The standard InChI is InChI=1S/C25H28N4O2S/c1-15(2)11-19-14-31-22-13-21(23-16(3)7-5-8-17(23)4)27-25(28-22)29-32-20-10-6-9-18(12-20)24(30)26-19/h5-10,12-13,15,19H,11,14H2,1-4H3,(H,26,30)(H,27,28,29). The molecule has 2 heterocycles.